The molecule has 1 N–H and O–H groups in total. The summed E-state index contributed by atoms with van der Waals surface area (Å²) in [6.07, 6.45) is 2.81. The van der Waals surface area contributed by atoms with Gasteiger partial charge in [0, 0.05) is 12.6 Å². The summed E-state index contributed by atoms with van der Waals surface area (Å²) >= 11 is 0. The van der Waals surface area contributed by atoms with Gasteiger partial charge in [0.15, 0.2) is 9.84 Å². The minimum absolute atomic E-state index is 0.135. The van der Waals surface area contributed by atoms with Crippen LogP contribution in [0.15, 0.2) is 0 Å². The smallest absolute Gasteiger partial charge is 0.154 e. The Morgan fingerprint density at radius 3 is 2.53 bits per heavy atom. The zero-order valence-corrected chi connectivity index (χ0v) is 10.8. The van der Waals surface area contributed by atoms with E-state index < -0.39 is 9.84 Å². The number of rotatable bonds is 5. The Labute approximate surface area is 93.6 Å². The third-order valence-electron chi connectivity index (χ3n) is 3.63. The first-order valence-corrected chi connectivity index (χ1v) is 7.64. The highest BCUT2D eigenvalue weighted by Crippen LogP contribution is 2.19. The molecular formula is C11H23NO2S. The standard InChI is InChI=1S/C11H23NO2S/c1-4-9(2)10(3)12-8-11-6-5-7-15(11,13)14/h9-12H,4-8H2,1-3H3. The summed E-state index contributed by atoms with van der Waals surface area (Å²) in [5, 5.41) is 3.22. The number of nitrogens with one attached hydrogen (secondary N) is 1. The van der Waals surface area contributed by atoms with E-state index in [1.165, 1.54) is 0 Å². The first kappa shape index (κ1) is 13.0. The van der Waals surface area contributed by atoms with Gasteiger partial charge in [-0.25, -0.2) is 8.42 Å². The van der Waals surface area contributed by atoms with Crippen LogP contribution >= 0.6 is 0 Å². The molecule has 0 amide bonds. The number of hydrogen-bond acceptors (Lipinski definition) is 3. The van der Waals surface area contributed by atoms with Crippen LogP contribution in [0.3, 0.4) is 0 Å². The highest BCUT2D eigenvalue weighted by Gasteiger charge is 2.31. The fourth-order valence-corrected chi connectivity index (χ4v) is 3.74. The van der Waals surface area contributed by atoms with E-state index in [0.717, 1.165) is 19.3 Å². The molecule has 4 heteroatoms. The molecule has 0 saturated carbocycles. The molecule has 1 aliphatic heterocycles. The molecule has 0 aromatic heterocycles. The van der Waals surface area contributed by atoms with Crippen molar-refractivity contribution in [2.45, 2.75) is 51.3 Å². The van der Waals surface area contributed by atoms with E-state index in [0.29, 0.717) is 24.3 Å². The van der Waals surface area contributed by atoms with Gasteiger partial charge in [0.05, 0.1) is 11.0 Å². The molecule has 0 aliphatic carbocycles. The molecule has 3 unspecified atom stereocenters. The van der Waals surface area contributed by atoms with Gasteiger partial charge in [-0.15, -0.1) is 0 Å². The maximum absolute atomic E-state index is 11.6. The largest absolute Gasteiger partial charge is 0.313 e. The average molecular weight is 233 g/mol. The summed E-state index contributed by atoms with van der Waals surface area (Å²) in [5.41, 5.74) is 0. The lowest BCUT2D eigenvalue weighted by Gasteiger charge is -2.21. The Morgan fingerprint density at radius 1 is 1.40 bits per heavy atom. The Bertz CT molecular complexity index is 287. The molecule has 90 valence electrons. The van der Waals surface area contributed by atoms with Gasteiger partial charge < -0.3 is 5.32 Å². The van der Waals surface area contributed by atoms with Crippen LogP contribution in [0.1, 0.15) is 40.0 Å². The molecule has 3 atom stereocenters. The Kier molecular flexibility index (Phi) is 4.59. The molecule has 1 rings (SSSR count). The van der Waals surface area contributed by atoms with Crippen LogP contribution in [0.25, 0.3) is 0 Å². The van der Waals surface area contributed by atoms with E-state index in [-0.39, 0.29) is 5.25 Å². The highest BCUT2D eigenvalue weighted by atomic mass is 32.2. The van der Waals surface area contributed by atoms with Gasteiger partial charge in [0.2, 0.25) is 0 Å². The van der Waals surface area contributed by atoms with Crippen molar-refractivity contribution in [3.63, 3.8) is 0 Å². The highest BCUT2D eigenvalue weighted by molar-refractivity contribution is 7.92. The van der Waals surface area contributed by atoms with E-state index in [1.54, 1.807) is 0 Å². The van der Waals surface area contributed by atoms with Crippen LogP contribution in [-0.4, -0.2) is 32.0 Å². The maximum atomic E-state index is 11.6. The summed E-state index contributed by atoms with van der Waals surface area (Å²) in [5.74, 6) is 0.992. The lowest BCUT2D eigenvalue weighted by molar-refractivity contribution is 0.388. The molecule has 1 heterocycles. The topological polar surface area (TPSA) is 46.2 Å². The lowest BCUT2D eigenvalue weighted by Crippen LogP contribution is -2.39. The SMILES string of the molecule is CCC(C)C(C)NCC1CCCS1(=O)=O. The van der Waals surface area contributed by atoms with Crippen LogP contribution in [0.2, 0.25) is 0 Å². The zero-order valence-electron chi connectivity index (χ0n) is 9.99. The van der Waals surface area contributed by atoms with Gasteiger partial charge in [-0.2, -0.15) is 0 Å². The Morgan fingerprint density at radius 2 is 2.07 bits per heavy atom. The van der Waals surface area contributed by atoms with Crippen molar-refractivity contribution in [2.75, 3.05) is 12.3 Å². The van der Waals surface area contributed by atoms with Crippen LogP contribution in [0, 0.1) is 5.92 Å². The van der Waals surface area contributed by atoms with Crippen LogP contribution in [0.4, 0.5) is 0 Å². The van der Waals surface area contributed by atoms with Gasteiger partial charge in [-0.05, 0) is 25.7 Å². The molecule has 1 fully saturated rings. The van der Waals surface area contributed by atoms with E-state index in [2.05, 4.69) is 26.1 Å². The Hall–Kier alpha value is -0.0900. The molecule has 3 nitrogen and oxygen atoms in total. The molecule has 15 heavy (non-hydrogen) atoms. The monoisotopic (exact) mass is 233 g/mol. The third kappa shape index (κ3) is 3.45. The molecule has 0 aromatic rings. The Balaban J connectivity index is 2.37. The van der Waals surface area contributed by atoms with Gasteiger partial charge in [-0.1, -0.05) is 20.3 Å². The fraction of sp³-hybridized carbons (Fsp3) is 1.00. The quantitative estimate of drug-likeness (QED) is 0.784. The van der Waals surface area contributed by atoms with Crippen molar-refractivity contribution < 1.29 is 8.42 Å². The number of sulfone groups is 1. The van der Waals surface area contributed by atoms with E-state index in [1.807, 2.05) is 0 Å². The van der Waals surface area contributed by atoms with Gasteiger partial charge in [0.1, 0.15) is 0 Å². The summed E-state index contributed by atoms with van der Waals surface area (Å²) < 4.78 is 23.1. The summed E-state index contributed by atoms with van der Waals surface area (Å²) in [7, 11) is -2.78. The van der Waals surface area contributed by atoms with Crippen LogP contribution < -0.4 is 5.32 Å². The third-order valence-corrected chi connectivity index (χ3v) is 5.90. The van der Waals surface area contributed by atoms with Crippen molar-refractivity contribution in [2.24, 2.45) is 5.92 Å². The number of hydrogen-bond donors (Lipinski definition) is 1. The molecule has 1 saturated heterocycles. The van der Waals surface area contributed by atoms with Crippen molar-refractivity contribution >= 4 is 9.84 Å². The van der Waals surface area contributed by atoms with Gasteiger partial charge in [0.25, 0.3) is 0 Å². The minimum atomic E-state index is -2.78. The van der Waals surface area contributed by atoms with Gasteiger partial charge >= 0.3 is 0 Å². The average Bonchev–Trinajstić information content (AvgIpc) is 2.53. The predicted octanol–water partition coefficient (Wildman–Crippen LogP) is 1.59. The van der Waals surface area contributed by atoms with Crippen molar-refractivity contribution in [1.82, 2.24) is 5.32 Å². The second-order valence-corrected chi connectivity index (χ2v) is 7.11. The first-order chi connectivity index (χ1) is 6.97. The molecule has 0 spiro atoms. The summed E-state index contributed by atoms with van der Waals surface area (Å²) in [6, 6.07) is 0.408. The van der Waals surface area contributed by atoms with E-state index in [4.69, 9.17) is 0 Å². The van der Waals surface area contributed by atoms with Crippen molar-refractivity contribution in [3.05, 3.63) is 0 Å². The summed E-state index contributed by atoms with van der Waals surface area (Å²) in [6.45, 7) is 7.12. The molecular weight excluding hydrogens is 210 g/mol. The van der Waals surface area contributed by atoms with Crippen molar-refractivity contribution in [3.8, 4) is 0 Å². The first-order valence-electron chi connectivity index (χ1n) is 5.92. The maximum Gasteiger partial charge on any atom is 0.154 e. The van der Waals surface area contributed by atoms with Crippen LogP contribution in [0.5, 0.6) is 0 Å². The van der Waals surface area contributed by atoms with E-state index in [9.17, 15) is 8.42 Å². The minimum Gasteiger partial charge on any atom is -0.313 e. The molecule has 1 aliphatic rings. The fourth-order valence-electron chi connectivity index (χ4n) is 1.96. The van der Waals surface area contributed by atoms with Crippen molar-refractivity contribution in [1.29, 1.82) is 0 Å². The summed E-state index contributed by atoms with van der Waals surface area (Å²) in [4.78, 5) is 0. The molecule has 0 radical (unpaired) electrons. The van der Waals surface area contributed by atoms with E-state index >= 15 is 0 Å². The molecule has 0 bridgehead atoms. The lowest BCUT2D eigenvalue weighted by atomic mass is 10.0. The zero-order chi connectivity index (χ0) is 11.5. The molecule has 0 aromatic carbocycles. The van der Waals surface area contributed by atoms with Gasteiger partial charge in [-0.3, -0.25) is 0 Å². The van der Waals surface area contributed by atoms with Crippen LogP contribution in [-0.2, 0) is 9.84 Å². The predicted molar refractivity (Wildman–Crippen MR) is 63.7 cm³/mol. The second-order valence-electron chi connectivity index (χ2n) is 4.71. The second kappa shape index (κ2) is 5.30. The normalized spacial score (nSPS) is 28.9.